The van der Waals surface area contributed by atoms with Crippen LogP contribution in [-0.4, -0.2) is 36.1 Å². The van der Waals surface area contributed by atoms with E-state index in [1.807, 2.05) is 0 Å². The monoisotopic (exact) mass is 229 g/mol. The van der Waals surface area contributed by atoms with E-state index >= 15 is 0 Å². The Balaban J connectivity index is 3.79. The van der Waals surface area contributed by atoms with Gasteiger partial charge in [0.15, 0.2) is 0 Å². The number of amides is 1. The number of hydrogen-bond donors (Lipinski definition) is 2. The maximum absolute atomic E-state index is 11.1. The molecule has 0 radical (unpaired) electrons. The quantitative estimate of drug-likeness (QED) is 0.391. The minimum atomic E-state index is -1.63. The first-order chi connectivity index (χ1) is 7.34. The maximum atomic E-state index is 11.1. The molecule has 0 aromatic rings. The highest BCUT2D eigenvalue weighted by molar-refractivity contribution is 6.28. The number of aliphatic carboxylic acids is 1. The van der Waals surface area contributed by atoms with E-state index in [1.165, 1.54) is 0 Å². The molecule has 1 atom stereocenters. The number of rotatable bonds is 5. The van der Waals surface area contributed by atoms with E-state index in [9.17, 15) is 14.4 Å². The van der Waals surface area contributed by atoms with Crippen LogP contribution in [0.15, 0.2) is 12.2 Å². The second kappa shape index (κ2) is 6.60. The number of carbonyl (C=O) groups excluding carboxylic acids is 2. The van der Waals surface area contributed by atoms with Crippen molar-refractivity contribution in [3.63, 3.8) is 0 Å². The minimum absolute atomic E-state index is 0.0540. The van der Waals surface area contributed by atoms with Crippen LogP contribution >= 0.6 is 0 Å². The lowest BCUT2D eigenvalue weighted by Crippen LogP contribution is -2.31. The molecule has 1 amide bonds. The highest BCUT2D eigenvalue weighted by Crippen LogP contribution is 1.96. The molecule has 16 heavy (non-hydrogen) atoms. The molecule has 90 valence electrons. The number of carboxylic acid groups (broad SMARTS) is 1. The van der Waals surface area contributed by atoms with Crippen LogP contribution in [0.3, 0.4) is 0 Å². The summed E-state index contributed by atoms with van der Waals surface area (Å²) in [5.41, 5.74) is 0.384. The molecule has 0 aromatic heterocycles. The van der Waals surface area contributed by atoms with E-state index in [1.54, 1.807) is 13.8 Å². The van der Waals surface area contributed by atoms with Gasteiger partial charge < -0.3 is 15.2 Å². The smallest absolute Gasteiger partial charge is 0.417 e. The summed E-state index contributed by atoms with van der Waals surface area (Å²) in [5.74, 6) is -3.36. The summed E-state index contributed by atoms with van der Waals surface area (Å²) in [6, 6.07) is 0. The summed E-state index contributed by atoms with van der Waals surface area (Å²) >= 11 is 0. The largest absolute Gasteiger partial charge is 0.473 e. The normalized spacial score (nSPS) is 11.4. The van der Waals surface area contributed by atoms with E-state index in [4.69, 9.17) is 5.11 Å². The minimum Gasteiger partial charge on any atom is -0.473 e. The lowest BCUT2D eigenvalue weighted by Gasteiger charge is -2.12. The zero-order chi connectivity index (χ0) is 12.7. The van der Waals surface area contributed by atoms with Gasteiger partial charge >= 0.3 is 11.9 Å². The molecule has 0 aliphatic heterocycles. The summed E-state index contributed by atoms with van der Waals surface area (Å²) in [4.78, 5) is 31.8. The number of esters is 1. The first-order valence-electron chi connectivity index (χ1n) is 4.68. The molecule has 2 N–H and O–H groups in total. The zero-order valence-corrected chi connectivity index (χ0v) is 9.28. The van der Waals surface area contributed by atoms with Gasteiger partial charge in [-0.15, -0.1) is 0 Å². The number of ether oxygens (including phenoxy) is 1. The third-order valence-corrected chi connectivity index (χ3v) is 1.67. The molecular weight excluding hydrogens is 214 g/mol. The molecule has 0 saturated carbocycles. The fourth-order valence-electron chi connectivity index (χ4n) is 0.756. The average molecular weight is 229 g/mol. The molecule has 6 heteroatoms. The molecule has 0 rings (SSSR count). The van der Waals surface area contributed by atoms with E-state index in [2.05, 4.69) is 16.6 Å². The second-order valence-electron chi connectivity index (χ2n) is 3.50. The van der Waals surface area contributed by atoms with Crippen LogP contribution in [-0.2, 0) is 19.1 Å². The molecular formula is C10H15NO5. The van der Waals surface area contributed by atoms with Gasteiger partial charge in [-0.2, -0.15) is 0 Å². The molecule has 0 spiro atoms. The number of nitrogens with one attached hydrogen (secondary N) is 1. The highest BCUT2D eigenvalue weighted by Gasteiger charge is 2.14. The summed E-state index contributed by atoms with van der Waals surface area (Å²) in [6.07, 6.45) is 0. The first-order valence-corrected chi connectivity index (χ1v) is 4.68. The molecule has 0 fully saturated rings. The van der Waals surface area contributed by atoms with Gasteiger partial charge in [-0.3, -0.25) is 4.79 Å². The van der Waals surface area contributed by atoms with Gasteiger partial charge in [0, 0.05) is 18.0 Å². The summed E-state index contributed by atoms with van der Waals surface area (Å²) in [7, 11) is 0. The lowest BCUT2D eigenvalue weighted by atomic mass is 10.2. The van der Waals surface area contributed by atoms with Crippen molar-refractivity contribution in [2.24, 2.45) is 5.92 Å². The second-order valence-corrected chi connectivity index (χ2v) is 3.50. The highest BCUT2D eigenvalue weighted by atomic mass is 16.6. The van der Waals surface area contributed by atoms with Gasteiger partial charge in [-0.05, 0) is 6.92 Å². The zero-order valence-electron chi connectivity index (χ0n) is 9.28. The third-order valence-electron chi connectivity index (χ3n) is 1.67. The molecule has 1 unspecified atom stereocenters. The predicted octanol–water partition coefficient (Wildman–Crippen LogP) is -0.0574. The Morgan fingerprint density at radius 2 is 2.00 bits per heavy atom. The Bertz CT molecular complexity index is 280. The van der Waals surface area contributed by atoms with Crippen LogP contribution < -0.4 is 5.32 Å². The Kier molecular flexibility index (Phi) is 5.84. The van der Waals surface area contributed by atoms with Crippen LogP contribution in [0, 0.1) is 5.92 Å². The van der Waals surface area contributed by atoms with Crippen LogP contribution in [0.2, 0.25) is 0 Å². The van der Waals surface area contributed by atoms with Crippen molar-refractivity contribution in [3.05, 3.63) is 12.2 Å². The van der Waals surface area contributed by atoms with Gasteiger partial charge in [-0.1, -0.05) is 13.5 Å². The fourth-order valence-corrected chi connectivity index (χ4v) is 0.756. The standard InChI is InChI=1S/C10H15NO5/c1-6(2)8(12)11-4-7(3)5-16-10(15)9(13)14/h7H,1,4-5H2,2-3H3,(H,11,12)(H,13,14). The lowest BCUT2D eigenvalue weighted by molar-refractivity contribution is -0.164. The van der Waals surface area contributed by atoms with E-state index < -0.39 is 11.9 Å². The summed E-state index contributed by atoms with van der Waals surface area (Å²) < 4.78 is 4.45. The van der Waals surface area contributed by atoms with Gasteiger partial charge in [0.1, 0.15) is 0 Å². The molecule has 0 bridgehead atoms. The number of carboxylic acids is 1. The van der Waals surface area contributed by atoms with Crippen molar-refractivity contribution < 1.29 is 24.2 Å². The SMILES string of the molecule is C=C(C)C(=O)NCC(C)COC(=O)C(=O)O. The Morgan fingerprint density at radius 1 is 1.44 bits per heavy atom. The Morgan fingerprint density at radius 3 is 2.44 bits per heavy atom. The predicted molar refractivity (Wildman–Crippen MR) is 55.6 cm³/mol. The summed E-state index contributed by atoms with van der Waals surface area (Å²) in [6.45, 7) is 6.98. The van der Waals surface area contributed by atoms with E-state index in [-0.39, 0.29) is 18.4 Å². The average Bonchev–Trinajstić information content (AvgIpc) is 2.21. The Labute approximate surface area is 93.3 Å². The van der Waals surface area contributed by atoms with Gasteiger partial charge in [0.05, 0.1) is 6.61 Å². The van der Waals surface area contributed by atoms with Crippen molar-refractivity contribution >= 4 is 17.8 Å². The molecule has 0 aliphatic carbocycles. The molecule has 0 heterocycles. The van der Waals surface area contributed by atoms with E-state index in [0.717, 1.165) is 0 Å². The van der Waals surface area contributed by atoms with Crippen molar-refractivity contribution in [2.45, 2.75) is 13.8 Å². The van der Waals surface area contributed by atoms with Crippen molar-refractivity contribution in [3.8, 4) is 0 Å². The fraction of sp³-hybridized carbons (Fsp3) is 0.500. The van der Waals surface area contributed by atoms with Gasteiger partial charge in [0.25, 0.3) is 0 Å². The van der Waals surface area contributed by atoms with Crippen LogP contribution in [0.5, 0.6) is 0 Å². The summed E-state index contributed by atoms with van der Waals surface area (Å²) in [5, 5.41) is 10.8. The van der Waals surface area contributed by atoms with Crippen LogP contribution in [0.25, 0.3) is 0 Å². The van der Waals surface area contributed by atoms with Crippen LogP contribution in [0.4, 0.5) is 0 Å². The topological polar surface area (TPSA) is 92.7 Å². The molecule has 0 saturated heterocycles. The maximum Gasteiger partial charge on any atom is 0.417 e. The van der Waals surface area contributed by atoms with Gasteiger partial charge in [-0.25, -0.2) is 9.59 Å². The Hall–Kier alpha value is -1.85. The van der Waals surface area contributed by atoms with Crippen molar-refractivity contribution in [2.75, 3.05) is 13.2 Å². The molecule has 6 nitrogen and oxygen atoms in total. The van der Waals surface area contributed by atoms with Crippen LogP contribution in [0.1, 0.15) is 13.8 Å². The van der Waals surface area contributed by atoms with Gasteiger partial charge in [0.2, 0.25) is 5.91 Å². The number of hydrogen-bond acceptors (Lipinski definition) is 4. The van der Waals surface area contributed by atoms with Crippen molar-refractivity contribution in [1.29, 1.82) is 0 Å². The third kappa shape index (κ3) is 5.79. The molecule has 0 aromatic carbocycles. The first kappa shape index (κ1) is 14.2. The van der Waals surface area contributed by atoms with E-state index in [0.29, 0.717) is 12.1 Å². The molecule has 0 aliphatic rings. The number of carbonyl (C=O) groups is 3. The van der Waals surface area contributed by atoms with Crippen molar-refractivity contribution in [1.82, 2.24) is 5.32 Å².